The Bertz CT molecular complexity index is 1010. The van der Waals surface area contributed by atoms with Gasteiger partial charge >= 0.3 is 0 Å². The molecule has 27 heavy (non-hydrogen) atoms. The predicted octanol–water partition coefficient (Wildman–Crippen LogP) is 3.71. The quantitative estimate of drug-likeness (QED) is 0.699. The molecule has 1 N–H and O–H groups in total. The van der Waals surface area contributed by atoms with Gasteiger partial charge in [-0.05, 0) is 43.3 Å². The molecule has 1 heterocycles. The van der Waals surface area contributed by atoms with Crippen LogP contribution in [0.5, 0.6) is 0 Å². The van der Waals surface area contributed by atoms with E-state index in [1.807, 2.05) is 25.1 Å². The predicted molar refractivity (Wildman–Crippen MR) is 105 cm³/mol. The van der Waals surface area contributed by atoms with Crippen molar-refractivity contribution in [3.05, 3.63) is 81.6 Å². The van der Waals surface area contributed by atoms with Crippen LogP contribution in [0.15, 0.2) is 65.5 Å². The standard InChI is InChI=1S/C12H11ClN2O.C8H6N2O/c1-2-15-12(16)8-7-11(14-15)9-3-5-10(13)6-4-9;9-5-7-2-1-3-8(4-7)10-6-11/h3-8H,2H2,1H3;1-4,6H,(H,10,11). The summed E-state index contributed by atoms with van der Waals surface area (Å²) in [6, 6.07) is 19.3. The SMILES string of the molecule is CCn1nc(-c2ccc(Cl)cc2)ccc1=O.N#Cc1cccc(NC=O)c1. The first kappa shape index (κ1) is 19.9. The van der Waals surface area contributed by atoms with Gasteiger partial charge in [-0.1, -0.05) is 29.8 Å². The van der Waals surface area contributed by atoms with Crippen LogP contribution in [0, 0.1) is 11.3 Å². The topological polar surface area (TPSA) is 87.8 Å². The lowest BCUT2D eigenvalue weighted by Gasteiger charge is -2.04. The van der Waals surface area contributed by atoms with E-state index < -0.39 is 0 Å². The number of carbonyl (C=O) groups excluding carboxylic acids is 1. The lowest BCUT2D eigenvalue weighted by molar-refractivity contribution is -0.105. The molecule has 0 spiro atoms. The van der Waals surface area contributed by atoms with Crippen molar-refractivity contribution < 1.29 is 4.79 Å². The first-order valence-corrected chi connectivity index (χ1v) is 8.49. The van der Waals surface area contributed by atoms with E-state index in [9.17, 15) is 9.59 Å². The number of nitriles is 1. The second-order valence-corrected chi connectivity index (χ2v) is 5.77. The van der Waals surface area contributed by atoms with Crippen molar-refractivity contribution in [1.29, 1.82) is 5.26 Å². The number of hydrogen-bond acceptors (Lipinski definition) is 4. The average Bonchev–Trinajstić information content (AvgIpc) is 2.70. The molecule has 0 unspecified atom stereocenters. The van der Waals surface area contributed by atoms with Crippen LogP contribution in [0.4, 0.5) is 5.69 Å². The molecule has 0 bridgehead atoms. The minimum absolute atomic E-state index is 0.0831. The molecule has 0 saturated heterocycles. The van der Waals surface area contributed by atoms with Crippen molar-refractivity contribution in [2.75, 3.05) is 5.32 Å². The molecular formula is C20H17ClN4O2. The van der Waals surface area contributed by atoms with Crippen molar-refractivity contribution in [3.8, 4) is 17.3 Å². The minimum Gasteiger partial charge on any atom is -0.329 e. The molecule has 1 amide bonds. The van der Waals surface area contributed by atoms with Gasteiger partial charge in [-0.2, -0.15) is 10.4 Å². The highest BCUT2D eigenvalue weighted by Crippen LogP contribution is 2.18. The molecule has 6 nitrogen and oxygen atoms in total. The van der Waals surface area contributed by atoms with E-state index in [0.717, 1.165) is 11.3 Å². The van der Waals surface area contributed by atoms with Crippen LogP contribution in [0.2, 0.25) is 5.02 Å². The fraction of sp³-hybridized carbons (Fsp3) is 0.100. The first-order valence-electron chi connectivity index (χ1n) is 8.12. The van der Waals surface area contributed by atoms with Gasteiger partial charge in [-0.25, -0.2) is 4.68 Å². The summed E-state index contributed by atoms with van der Waals surface area (Å²) in [5, 5.41) is 15.9. The van der Waals surface area contributed by atoms with Gasteiger partial charge < -0.3 is 5.32 Å². The number of hydrogen-bond donors (Lipinski definition) is 1. The highest BCUT2D eigenvalue weighted by Gasteiger charge is 2.01. The summed E-state index contributed by atoms with van der Waals surface area (Å²) in [6.45, 7) is 2.46. The minimum atomic E-state index is -0.0831. The molecule has 0 atom stereocenters. The maximum Gasteiger partial charge on any atom is 0.266 e. The Morgan fingerprint density at radius 3 is 2.56 bits per heavy atom. The fourth-order valence-electron chi connectivity index (χ4n) is 2.20. The lowest BCUT2D eigenvalue weighted by Crippen LogP contribution is -2.20. The van der Waals surface area contributed by atoms with Crippen molar-refractivity contribution in [2.24, 2.45) is 0 Å². The molecule has 0 fully saturated rings. The second kappa shape index (κ2) is 9.90. The smallest absolute Gasteiger partial charge is 0.266 e. The molecule has 0 aliphatic rings. The number of anilines is 1. The van der Waals surface area contributed by atoms with Crippen LogP contribution in [0.3, 0.4) is 0 Å². The zero-order valence-electron chi connectivity index (χ0n) is 14.6. The van der Waals surface area contributed by atoms with Crippen molar-refractivity contribution in [1.82, 2.24) is 9.78 Å². The zero-order chi connectivity index (χ0) is 19.6. The highest BCUT2D eigenvalue weighted by molar-refractivity contribution is 6.30. The highest BCUT2D eigenvalue weighted by atomic mass is 35.5. The number of halogens is 1. The van der Waals surface area contributed by atoms with Crippen LogP contribution in [0.1, 0.15) is 12.5 Å². The summed E-state index contributed by atoms with van der Waals surface area (Å²) in [7, 11) is 0. The fourth-order valence-corrected chi connectivity index (χ4v) is 2.32. The van der Waals surface area contributed by atoms with Gasteiger partial charge in [0.05, 0.1) is 17.3 Å². The molecule has 3 rings (SSSR count). The summed E-state index contributed by atoms with van der Waals surface area (Å²) >= 11 is 5.81. The van der Waals surface area contributed by atoms with Crippen LogP contribution in [-0.2, 0) is 11.3 Å². The van der Waals surface area contributed by atoms with E-state index >= 15 is 0 Å². The van der Waals surface area contributed by atoms with Crippen molar-refractivity contribution >= 4 is 23.7 Å². The van der Waals surface area contributed by atoms with Crippen molar-refractivity contribution in [3.63, 3.8) is 0 Å². The summed E-state index contributed by atoms with van der Waals surface area (Å²) in [4.78, 5) is 21.3. The summed E-state index contributed by atoms with van der Waals surface area (Å²) < 4.78 is 1.43. The van der Waals surface area contributed by atoms with E-state index in [2.05, 4.69) is 10.4 Å². The number of nitrogens with one attached hydrogen (secondary N) is 1. The monoisotopic (exact) mass is 380 g/mol. The molecule has 7 heteroatoms. The van der Waals surface area contributed by atoms with Gasteiger partial charge in [-0.15, -0.1) is 0 Å². The van der Waals surface area contributed by atoms with Gasteiger partial charge in [0, 0.05) is 28.9 Å². The van der Waals surface area contributed by atoms with Crippen LogP contribution in [-0.4, -0.2) is 16.2 Å². The van der Waals surface area contributed by atoms with E-state index in [1.54, 1.807) is 42.5 Å². The third-order valence-electron chi connectivity index (χ3n) is 3.52. The average molecular weight is 381 g/mol. The van der Waals surface area contributed by atoms with Gasteiger partial charge in [0.2, 0.25) is 6.41 Å². The molecule has 2 aromatic carbocycles. The van der Waals surface area contributed by atoms with Gasteiger partial charge in [0.1, 0.15) is 0 Å². The molecule has 0 saturated carbocycles. The van der Waals surface area contributed by atoms with Gasteiger partial charge in [0.25, 0.3) is 5.56 Å². The third kappa shape index (κ3) is 5.80. The van der Waals surface area contributed by atoms with Gasteiger partial charge in [-0.3, -0.25) is 9.59 Å². The third-order valence-corrected chi connectivity index (χ3v) is 3.78. The summed E-state index contributed by atoms with van der Waals surface area (Å²) in [5.74, 6) is 0. The number of amides is 1. The van der Waals surface area contributed by atoms with Crippen LogP contribution < -0.4 is 10.9 Å². The Hall–Kier alpha value is -3.43. The summed E-state index contributed by atoms with van der Waals surface area (Å²) in [5.41, 5.74) is 2.82. The number of benzene rings is 2. The summed E-state index contributed by atoms with van der Waals surface area (Å²) in [6.07, 6.45) is 0.580. The Labute approximate surface area is 161 Å². The first-order chi connectivity index (χ1) is 13.1. The number of rotatable bonds is 4. The van der Waals surface area contributed by atoms with E-state index in [-0.39, 0.29) is 5.56 Å². The number of nitrogens with zero attached hydrogens (tertiary/aromatic N) is 3. The maximum absolute atomic E-state index is 11.4. The van der Waals surface area contributed by atoms with E-state index in [0.29, 0.717) is 29.2 Å². The Kier molecular flexibility index (Phi) is 7.29. The normalized spacial score (nSPS) is 9.52. The van der Waals surface area contributed by atoms with Crippen LogP contribution in [0.25, 0.3) is 11.3 Å². The lowest BCUT2D eigenvalue weighted by atomic mass is 10.1. The molecule has 0 aliphatic heterocycles. The number of carbonyl (C=O) groups is 1. The van der Waals surface area contributed by atoms with Crippen molar-refractivity contribution in [2.45, 2.75) is 13.5 Å². The number of aryl methyl sites for hydroxylation is 1. The molecule has 0 radical (unpaired) electrons. The maximum atomic E-state index is 11.4. The molecule has 0 aliphatic carbocycles. The Morgan fingerprint density at radius 2 is 1.93 bits per heavy atom. The molecule has 136 valence electrons. The van der Waals surface area contributed by atoms with Crippen LogP contribution >= 0.6 is 11.6 Å². The largest absolute Gasteiger partial charge is 0.329 e. The Balaban J connectivity index is 0.000000208. The number of aromatic nitrogens is 2. The van der Waals surface area contributed by atoms with E-state index in [1.165, 1.54) is 10.7 Å². The molecule has 3 aromatic rings. The molecular weight excluding hydrogens is 364 g/mol. The molecule has 1 aromatic heterocycles. The Morgan fingerprint density at radius 1 is 1.19 bits per heavy atom. The van der Waals surface area contributed by atoms with E-state index in [4.69, 9.17) is 16.9 Å². The van der Waals surface area contributed by atoms with Gasteiger partial charge in [0.15, 0.2) is 0 Å². The second-order valence-electron chi connectivity index (χ2n) is 5.33. The zero-order valence-corrected chi connectivity index (χ0v) is 15.3.